The molecule has 28 heavy (non-hydrogen) atoms. The van der Waals surface area contributed by atoms with Gasteiger partial charge >= 0.3 is 0 Å². The molecule has 0 saturated carbocycles. The number of halogens is 1. The minimum absolute atomic E-state index is 0.0747. The molecular formula is C21H22FN3O3. The van der Waals surface area contributed by atoms with Crippen molar-refractivity contribution in [2.75, 3.05) is 49.1 Å². The van der Waals surface area contributed by atoms with Crippen molar-refractivity contribution < 1.29 is 19.1 Å². The van der Waals surface area contributed by atoms with Gasteiger partial charge in [-0.3, -0.25) is 9.59 Å². The largest absolute Gasteiger partial charge is 0.504 e. The second-order valence-corrected chi connectivity index (χ2v) is 7.15. The minimum Gasteiger partial charge on any atom is -0.504 e. The molecule has 0 bridgehead atoms. The third-order valence-electron chi connectivity index (χ3n) is 5.45. The van der Waals surface area contributed by atoms with Crippen molar-refractivity contribution in [1.82, 2.24) is 4.90 Å². The summed E-state index contributed by atoms with van der Waals surface area (Å²) in [5.41, 5.74) is 2.22. The first-order chi connectivity index (χ1) is 13.6. The Morgan fingerprint density at radius 3 is 2.18 bits per heavy atom. The first-order valence-corrected chi connectivity index (χ1v) is 9.44. The first kappa shape index (κ1) is 18.3. The third-order valence-corrected chi connectivity index (χ3v) is 5.45. The van der Waals surface area contributed by atoms with E-state index in [2.05, 4.69) is 34.1 Å². The number of anilines is 2. The lowest BCUT2D eigenvalue weighted by Crippen LogP contribution is -2.49. The second kappa shape index (κ2) is 7.50. The molecule has 0 atom stereocenters. The highest BCUT2D eigenvalue weighted by Crippen LogP contribution is 2.27. The maximum Gasteiger partial charge on any atom is 0.254 e. The van der Waals surface area contributed by atoms with Crippen LogP contribution in [0.25, 0.3) is 0 Å². The summed E-state index contributed by atoms with van der Waals surface area (Å²) in [6, 6.07) is 10.6. The fourth-order valence-corrected chi connectivity index (χ4v) is 3.64. The van der Waals surface area contributed by atoms with E-state index < -0.39 is 11.6 Å². The van der Waals surface area contributed by atoms with Crippen LogP contribution in [0.5, 0.6) is 5.75 Å². The number of carbonyl (C=O) groups excluding carboxylic acids is 2. The van der Waals surface area contributed by atoms with E-state index in [1.165, 1.54) is 18.2 Å². The fraction of sp³-hybridized carbons (Fsp3) is 0.333. The number of phenols is 1. The van der Waals surface area contributed by atoms with Crippen molar-refractivity contribution >= 4 is 23.6 Å². The van der Waals surface area contributed by atoms with Crippen molar-refractivity contribution in [2.45, 2.75) is 6.42 Å². The van der Waals surface area contributed by atoms with Gasteiger partial charge in [-0.15, -0.1) is 0 Å². The Hall–Kier alpha value is -3.09. The Balaban J connectivity index is 1.43. The molecule has 2 aliphatic heterocycles. The molecule has 0 aliphatic carbocycles. The molecule has 0 unspecified atom stereocenters. The van der Waals surface area contributed by atoms with Crippen LogP contribution in [-0.2, 0) is 0 Å². The topological polar surface area (TPSA) is 64.1 Å². The van der Waals surface area contributed by atoms with E-state index in [0.29, 0.717) is 32.5 Å². The monoisotopic (exact) mass is 383 g/mol. The predicted octanol–water partition coefficient (Wildman–Crippen LogP) is 2.52. The molecule has 2 aromatic rings. The molecule has 2 aliphatic rings. The Labute approximate surface area is 162 Å². The second-order valence-electron chi connectivity index (χ2n) is 7.15. The molecule has 2 fully saturated rings. The van der Waals surface area contributed by atoms with E-state index in [4.69, 9.17) is 0 Å². The fourth-order valence-electron chi connectivity index (χ4n) is 3.64. The summed E-state index contributed by atoms with van der Waals surface area (Å²) in [5.74, 6) is -2.02. The Bertz CT molecular complexity index is 906. The summed E-state index contributed by atoms with van der Waals surface area (Å²) in [6.07, 6.45) is 1.58. The van der Waals surface area contributed by atoms with E-state index in [9.17, 15) is 19.1 Å². The maximum atomic E-state index is 13.8. The molecule has 2 aromatic carbocycles. The summed E-state index contributed by atoms with van der Waals surface area (Å²) >= 11 is 0. The van der Waals surface area contributed by atoms with Crippen LogP contribution in [-0.4, -0.2) is 61.5 Å². The number of hydrogen-bond acceptors (Lipinski definition) is 5. The van der Waals surface area contributed by atoms with Crippen LogP contribution in [0.1, 0.15) is 27.1 Å². The highest BCUT2D eigenvalue weighted by atomic mass is 19.1. The summed E-state index contributed by atoms with van der Waals surface area (Å²) < 4.78 is 13.8. The van der Waals surface area contributed by atoms with E-state index in [1.807, 2.05) is 0 Å². The number of aromatic hydroxyl groups is 1. The molecule has 0 aromatic heterocycles. The lowest BCUT2D eigenvalue weighted by atomic mass is 10.1. The molecule has 1 amide bonds. The van der Waals surface area contributed by atoms with Gasteiger partial charge in [0.2, 0.25) is 0 Å². The Morgan fingerprint density at radius 1 is 0.964 bits per heavy atom. The zero-order chi connectivity index (χ0) is 19.7. The lowest BCUT2D eigenvalue weighted by molar-refractivity contribution is 0.0746. The van der Waals surface area contributed by atoms with Crippen LogP contribution in [0.4, 0.5) is 15.8 Å². The van der Waals surface area contributed by atoms with Crippen molar-refractivity contribution in [3.8, 4) is 5.75 Å². The number of hydrogen-bond donors (Lipinski definition) is 1. The predicted molar refractivity (Wildman–Crippen MR) is 105 cm³/mol. The minimum atomic E-state index is -0.964. The normalized spacial score (nSPS) is 16.7. The molecule has 4 rings (SSSR count). The van der Waals surface area contributed by atoms with Crippen molar-refractivity contribution in [2.24, 2.45) is 0 Å². The number of rotatable bonds is 4. The van der Waals surface area contributed by atoms with E-state index in [1.54, 1.807) is 4.90 Å². The number of benzene rings is 2. The summed E-state index contributed by atoms with van der Waals surface area (Å²) in [7, 11) is 0. The number of amides is 1. The number of aldehydes is 1. The smallest absolute Gasteiger partial charge is 0.254 e. The highest BCUT2D eigenvalue weighted by Gasteiger charge is 2.24. The highest BCUT2D eigenvalue weighted by molar-refractivity contribution is 5.96. The number of nitrogens with zero attached hydrogens (tertiary/aromatic N) is 3. The van der Waals surface area contributed by atoms with Gasteiger partial charge in [-0.2, -0.15) is 0 Å². The van der Waals surface area contributed by atoms with E-state index >= 15 is 0 Å². The molecule has 0 spiro atoms. The van der Waals surface area contributed by atoms with E-state index in [-0.39, 0.29) is 17.0 Å². The molecular weight excluding hydrogens is 361 g/mol. The van der Waals surface area contributed by atoms with Gasteiger partial charge in [0.15, 0.2) is 17.9 Å². The van der Waals surface area contributed by atoms with Crippen molar-refractivity contribution in [1.29, 1.82) is 0 Å². The average Bonchev–Trinajstić information content (AvgIpc) is 2.68. The number of carbonyl (C=O) groups is 2. The Morgan fingerprint density at radius 2 is 1.61 bits per heavy atom. The summed E-state index contributed by atoms with van der Waals surface area (Å²) in [5, 5.41) is 9.52. The number of phenolic OH excluding ortho intramolecular Hbond substituents is 1. The van der Waals surface area contributed by atoms with Gasteiger partial charge in [0.1, 0.15) is 0 Å². The molecule has 0 radical (unpaired) electrons. The van der Waals surface area contributed by atoms with Gasteiger partial charge < -0.3 is 19.8 Å². The summed E-state index contributed by atoms with van der Waals surface area (Å²) in [6.45, 7) is 4.55. The molecule has 7 heteroatoms. The average molecular weight is 383 g/mol. The lowest BCUT2D eigenvalue weighted by Gasteiger charge is -2.37. The van der Waals surface area contributed by atoms with Gasteiger partial charge in [-0.1, -0.05) is 6.07 Å². The van der Waals surface area contributed by atoms with Crippen molar-refractivity contribution in [3.05, 3.63) is 53.3 Å². The quantitative estimate of drug-likeness (QED) is 0.822. The first-order valence-electron chi connectivity index (χ1n) is 9.44. The molecule has 2 heterocycles. The van der Waals surface area contributed by atoms with Crippen LogP contribution in [0.2, 0.25) is 0 Å². The van der Waals surface area contributed by atoms with Crippen LogP contribution in [0, 0.1) is 5.82 Å². The molecule has 2 saturated heterocycles. The zero-order valence-electron chi connectivity index (χ0n) is 15.5. The van der Waals surface area contributed by atoms with Gasteiger partial charge in [0.05, 0.1) is 5.56 Å². The molecule has 6 nitrogen and oxygen atoms in total. The van der Waals surface area contributed by atoms with Gasteiger partial charge in [0.25, 0.3) is 5.91 Å². The van der Waals surface area contributed by atoms with Crippen LogP contribution < -0.4 is 9.80 Å². The van der Waals surface area contributed by atoms with Gasteiger partial charge in [-0.05, 0) is 36.8 Å². The van der Waals surface area contributed by atoms with Crippen molar-refractivity contribution in [3.63, 3.8) is 0 Å². The van der Waals surface area contributed by atoms with Crippen LogP contribution >= 0.6 is 0 Å². The summed E-state index contributed by atoms with van der Waals surface area (Å²) in [4.78, 5) is 29.9. The SMILES string of the molecule is O=Cc1cc(C(=O)N2CCN(c3cccc(N4CCC4)c3)CC2)cc(F)c1O. The standard InChI is InChI=1S/C21H22FN3O3/c22-19-12-15(11-16(14-26)20(19)27)21(28)25-9-7-24(8-10-25)18-4-1-3-17(13-18)23-5-2-6-23/h1,3-4,11-14,27H,2,5-10H2. The van der Waals surface area contributed by atoms with Gasteiger partial charge in [-0.25, -0.2) is 4.39 Å². The number of piperazine rings is 1. The van der Waals surface area contributed by atoms with Crippen LogP contribution in [0.3, 0.4) is 0 Å². The molecule has 146 valence electrons. The maximum absolute atomic E-state index is 13.8. The van der Waals surface area contributed by atoms with Gasteiger partial charge in [0, 0.05) is 56.2 Å². The Kier molecular flexibility index (Phi) is 4.90. The molecule has 1 N–H and O–H groups in total. The van der Waals surface area contributed by atoms with E-state index in [0.717, 1.165) is 24.8 Å². The zero-order valence-corrected chi connectivity index (χ0v) is 15.5. The van der Waals surface area contributed by atoms with Crippen LogP contribution in [0.15, 0.2) is 36.4 Å². The third kappa shape index (κ3) is 3.40.